The average Bonchev–Trinajstić information content (AvgIpc) is 3.17. The van der Waals surface area contributed by atoms with E-state index >= 15 is 0 Å². The maximum Gasteiger partial charge on any atom is 0.212 e. The summed E-state index contributed by atoms with van der Waals surface area (Å²) in [6.07, 6.45) is 3.87. The van der Waals surface area contributed by atoms with Gasteiger partial charge in [0.25, 0.3) is 0 Å². The van der Waals surface area contributed by atoms with E-state index in [2.05, 4.69) is 27.0 Å². The van der Waals surface area contributed by atoms with Crippen LogP contribution in [0.5, 0.6) is 5.88 Å². The predicted molar refractivity (Wildman–Crippen MR) is 112 cm³/mol. The van der Waals surface area contributed by atoms with E-state index in [1.165, 1.54) is 11.3 Å². The molecule has 0 bridgehead atoms. The predicted octanol–water partition coefficient (Wildman–Crippen LogP) is 5.72. The highest BCUT2D eigenvalue weighted by Crippen LogP contribution is 2.32. The molecule has 3 aromatic rings. The van der Waals surface area contributed by atoms with Crippen molar-refractivity contribution in [1.82, 2.24) is 15.2 Å². The zero-order valence-electron chi connectivity index (χ0n) is 15.2. The van der Waals surface area contributed by atoms with Crippen LogP contribution in [0.1, 0.15) is 25.3 Å². The molecule has 0 radical (unpaired) electrons. The highest BCUT2D eigenvalue weighted by molar-refractivity contribution is 7.18. The maximum absolute atomic E-state index is 6.36. The Hall–Kier alpha value is -1.89. The van der Waals surface area contributed by atoms with Crippen LogP contribution >= 0.6 is 34.5 Å². The molecular formula is C19H20Cl2N4OS. The quantitative estimate of drug-likeness (QED) is 0.464. The van der Waals surface area contributed by atoms with E-state index in [1.807, 2.05) is 30.3 Å². The molecule has 2 aromatic heterocycles. The van der Waals surface area contributed by atoms with Gasteiger partial charge in [-0.3, -0.25) is 0 Å². The Morgan fingerprint density at radius 1 is 1.11 bits per heavy atom. The van der Waals surface area contributed by atoms with Crippen molar-refractivity contribution in [2.24, 2.45) is 0 Å². The van der Waals surface area contributed by atoms with Crippen LogP contribution in [-0.4, -0.2) is 28.8 Å². The highest BCUT2D eigenvalue weighted by atomic mass is 35.5. The normalized spacial score (nSPS) is 10.8. The van der Waals surface area contributed by atoms with Gasteiger partial charge >= 0.3 is 0 Å². The Kier molecular flexibility index (Phi) is 6.88. The van der Waals surface area contributed by atoms with Gasteiger partial charge in [-0.2, -0.15) is 0 Å². The summed E-state index contributed by atoms with van der Waals surface area (Å²) in [4.78, 5) is 6.41. The third-order valence-electron chi connectivity index (χ3n) is 4.07. The van der Waals surface area contributed by atoms with Crippen LogP contribution in [0.15, 0.2) is 36.5 Å². The molecule has 0 unspecified atom stereocenters. The molecule has 0 N–H and O–H groups in total. The Bertz CT molecular complexity index is 865. The van der Waals surface area contributed by atoms with E-state index in [-0.39, 0.29) is 0 Å². The first-order chi connectivity index (χ1) is 13.1. The number of aromatic nitrogens is 3. The number of anilines is 1. The summed E-state index contributed by atoms with van der Waals surface area (Å²) in [5.74, 6) is 0.571. The van der Waals surface area contributed by atoms with Gasteiger partial charge in [0.1, 0.15) is 0 Å². The second kappa shape index (κ2) is 9.35. The van der Waals surface area contributed by atoms with Crippen molar-refractivity contribution < 1.29 is 4.74 Å². The second-order valence-electron chi connectivity index (χ2n) is 5.95. The average molecular weight is 423 g/mol. The van der Waals surface area contributed by atoms with Gasteiger partial charge in [0, 0.05) is 46.5 Å². The summed E-state index contributed by atoms with van der Waals surface area (Å²) in [6.45, 7) is 3.61. The number of ether oxygens (including phenoxy) is 1. The van der Waals surface area contributed by atoms with Crippen molar-refractivity contribution in [2.45, 2.75) is 26.3 Å². The largest absolute Gasteiger partial charge is 0.481 e. The van der Waals surface area contributed by atoms with Crippen molar-refractivity contribution >= 4 is 39.7 Å². The van der Waals surface area contributed by atoms with Crippen LogP contribution < -0.4 is 9.64 Å². The SMILES string of the molecule is CCCCN(Cc1c(Cl)cccc1Cl)c1nnc(-c2ccc(OC)nc2)s1. The van der Waals surface area contributed by atoms with Crippen LogP contribution in [0.4, 0.5) is 5.13 Å². The van der Waals surface area contributed by atoms with E-state index in [4.69, 9.17) is 27.9 Å². The number of unbranched alkanes of at least 4 members (excludes halogenated alkanes) is 1. The van der Waals surface area contributed by atoms with E-state index in [9.17, 15) is 0 Å². The van der Waals surface area contributed by atoms with Gasteiger partial charge < -0.3 is 9.64 Å². The lowest BCUT2D eigenvalue weighted by atomic mass is 10.2. The molecule has 1 aromatic carbocycles. The van der Waals surface area contributed by atoms with Crippen LogP contribution in [0.25, 0.3) is 10.6 Å². The van der Waals surface area contributed by atoms with Gasteiger partial charge in [-0.1, -0.05) is 53.9 Å². The Balaban J connectivity index is 1.86. The summed E-state index contributed by atoms with van der Waals surface area (Å²) in [5.41, 5.74) is 1.81. The first kappa shape index (κ1) is 19.9. The van der Waals surface area contributed by atoms with Gasteiger partial charge in [-0.15, -0.1) is 10.2 Å². The summed E-state index contributed by atoms with van der Waals surface area (Å²) < 4.78 is 5.10. The number of benzene rings is 1. The topological polar surface area (TPSA) is 51.1 Å². The van der Waals surface area contributed by atoms with Gasteiger partial charge in [-0.05, 0) is 24.6 Å². The fourth-order valence-corrected chi connectivity index (χ4v) is 3.93. The molecule has 0 saturated carbocycles. The van der Waals surface area contributed by atoms with Gasteiger partial charge in [0.05, 0.1) is 7.11 Å². The molecule has 5 nitrogen and oxygen atoms in total. The molecule has 8 heteroatoms. The van der Waals surface area contributed by atoms with Crippen molar-refractivity contribution in [3.63, 3.8) is 0 Å². The fourth-order valence-electron chi connectivity index (χ4n) is 2.55. The number of hydrogen-bond acceptors (Lipinski definition) is 6. The molecule has 0 fully saturated rings. The zero-order valence-corrected chi connectivity index (χ0v) is 17.5. The molecule has 0 amide bonds. The Labute approximate surface area is 172 Å². The maximum atomic E-state index is 6.36. The minimum absolute atomic E-state index is 0.571. The van der Waals surface area contributed by atoms with Crippen molar-refractivity contribution in [2.75, 3.05) is 18.6 Å². The number of methoxy groups -OCH3 is 1. The molecule has 0 atom stereocenters. The monoisotopic (exact) mass is 422 g/mol. The van der Waals surface area contributed by atoms with Crippen molar-refractivity contribution in [1.29, 1.82) is 0 Å². The minimum Gasteiger partial charge on any atom is -0.481 e. The lowest BCUT2D eigenvalue weighted by Crippen LogP contribution is -2.24. The number of nitrogens with zero attached hydrogens (tertiary/aromatic N) is 4. The fraction of sp³-hybridized carbons (Fsp3) is 0.316. The Morgan fingerprint density at radius 2 is 1.89 bits per heavy atom. The van der Waals surface area contributed by atoms with Gasteiger partial charge in [0.15, 0.2) is 5.01 Å². The standard InChI is InChI=1S/C19H20Cl2N4OS/c1-3-4-10-25(12-14-15(20)6-5-7-16(14)21)19-24-23-18(27-19)13-8-9-17(26-2)22-11-13/h5-9,11H,3-4,10,12H2,1-2H3. The lowest BCUT2D eigenvalue weighted by Gasteiger charge is -2.22. The molecule has 0 aliphatic heterocycles. The third kappa shape index (κ3) is 4.89. The van der Waals surface area contributed by atoms with Gasteiger partial charge in [0.2, 0.25) is 11.0 Å². The van der Waals surface area contributed by atoms with Crippen molar-refractivity contribution in [3.05, 3.63) is 52.1 Å². The number of hydrogen-bond donors (Lipinski definition) is 0. The summed E-state index contributed by atoms with van der Waals surface area (Å²) in [6, 6.07) is 9.31. The molecule has 2 heterocycles. The summed E-state index contributed by atoms with van der Waals surface area (Å²) in [5, 5.41) is 11.7. The molecule has 0 spiro atoms. The van der Waals surface area contributed by atoms with Crippen LogP contribution in [-0.2, 0) is 6.54 Å². The van der Waals surface area contributed by atoms with Gasteiger partial charge in [-0.25, -0.2) is 4.98 Å². The van der Waals surface area contributed by atoms with E-state index in [0.29, 0.717) is 22.5 Å². The number of pyridine rings is 1. The van der Waals surface area contributed by atoms with Crippen LogP contribution in [0.2, 0.25) is 10.0 Å². The number of halogens is 2. The smallest absolute Gasteiger partial charge is 0.212 e. The third-order valence-corrected chi connectivity index (χ3v) is 5.81. The molecule has 142 valence electrons. The highest BCUT2D eigenvalue weighted by Gasteiger charge is 2.17. The summed E-state index contributed by atoms with van der Waals surface area (Å²) in [7, 11) is 1.59. The van der Waals surface area contributed by atoms with E-state index in [1.54, 1.807) is 13.3 Å². The second-order valence-corrected chi connectivity index (χ2v) is 7.72. The number of rotatable bonds is 8. The van der Waals surface area contributed by atoms with Crippen LogP contribution in [0, 0.1) is 0 Å². The molecule has 3 rings (SSSR count). The first-order valence-corrected chi connectivity index (χ1v) is 10.2. The van der Waals surface area contributed by atoms with E-state index in [0.717, 1.165) is 40.7 Å². The molecule has 27 heavy (non-hydrogen) atoms. The van der Waals surface area contributed by atoms with Crippen molar-refractivity contribution in [3.8, 4) is 16.5 Å². The minimum atomic E-state index is 0.571. The Morgan fingerprint density at radius 3 is 2.52 bits per heavy atom. The lowest BCUT2D eigenvalue weighted by molar-refractivity contribution is 0.398. The van der Waals surface area contributed by atoms with Crippen LogP contribution in [0.3, 0.4) is 0 Å². The molecular weight excluding hydrogens is 403 g/mol. The summed E-state index contributed by atoms with van der Waals surface area (Å²) >= 11 is 14.2. The molecule has 0 aliphatic carbocycles. The van der Waals surface area contributed by atoms with E-state index < -0.39 is 0 Å². The molecule has 0 saturated heterocycles. The molecule has 0 aliphatic rings. The first-order valence-electron chi connectivity index (χ1n) is 8.64. The zero-order chi connectivity index (χ0) is 19.2.